The third-order valence-electron chi connectivity index (χ3n) is 3.42. The normalized spacial score (nSPS) is 20.1. The van der Waals surface area contributed by atoms with E-state index in [2.05, 4.69) is 0 Å². The van der Waals surface area contributed by atoms with Crippen LogP contribution >= 0.6 is 23.7 Å². The van der Waals surface area contributed by atoms with Gasteiger partial charge in [0.1, 0.15) is 0 Å². The van der Waals surface area contributed by atoms with Crippen molar-refractivity contribution in [3.8, 4) is 0 Å². The second-order valence-electron chi connectivity index (χ2n) is 4.69. The van der Waals surface area contributed by atoms with Gasteiger partial charge in [-0.1, -0.05) is 6.07 Å². The molecule has 0 bridgehead atoms. The summed E-state index contributed by atoms with van der Waals surface area (Å²) in [4.78, 5) is 14.8. The van der Waals surface area contributed by atoms with Gasteiger partial charge in [-0.2, -0.15) is 0 Å². The highest BCUT2D eigenvalue weighted by Crippen LogP contribution is 2.29. The molecule has 4 nitrogen and oxygen atoms in total. The summed E-state index contributed by atoms with van der Waals surface area (Å²) in [5, 5.41) is 12.1. The minimum Gasteiger partial charge on any atom is -0.387 e. The molecular formula is C13H21ClN2O2S. The van der Waals surface area contributed by atoms with Gasteiger partial charge in [-0.3, -0.25) is 4.79 Å². The van der Waals surface area contributed by atoms with Crippen LogP contribution in [0.5, 0.6) is 0 Å². The van der Waals surface area contributed by atoms with Crippen LogP contribution in [0.3, 0.4) is 0 Å². The Labute approximate surface area is 124 Å². The van der Waals surface area contributed by atoms with Crippen molar-refractivity contribution in [1.82, 2.24) is 4.90 Å². The molecule has 2 unspecified atom stereocenters. The summed E-state index contributed by atoms with van der Waals surface area (Å²) >= 11 is 1.56. The summed E-state index contributed by atoms with van der Waals surface area (Å²) in [6.45, 7) is 1.20. The lowest BCUT2D eigenvalue weighted by Crippen LogP contribution is -2.37. The van der Waals surface area contributed by atoms with E-state index in [1.54, 1.807) is 11.3 Å². The van der Waals surface area contributed by atoms with Crippen LogP contribution in [0.15, 0.2) is 17.5 Å². The first-order valence-electron chi connectivity index (χ1n) is 6.43. The third-order valence-corrected chi connectivity index (χ3v) is 4.40. The third kappa shape index (κ3) is 4.18. The zero-order valence-corrected chi connectivity index (χ0v) is 12.5. The minimum atomic E-state index is -0.457. The van der Waals surface area contributed by atoms with Crippen LogP contribution in [-0.2, 0) is 4.79 Å². The molecule has 1 saturated heterocycles. The average molecular weight is 305 g/mol. The molecule has 1 aromatic heterocycles. The number of aliphatic hydroxyl groups excluding tert-OH is 1. The fourth-order valence-corrected chi connectivity index (χ4v) is 3.26. The Balaban J connectivity index is 0.00000180. The first kappa shape index (κ1) is 16.4. The van der Waals surface area contributed by atoms with E-state index >= 15 is 0 Å². The van der Waals surface area contributed by atoms with Gasteiger partial charge >= 0.3 is 0 Å². The van der Waals surface area contributed by atoms with Gasteiger partial charge in [-0.15, -0.1) is 23.7 Å². The molecule has 2 heterocycles. The monoisotopic (exact) mass is 304 g/mol. The molecule has 2 atom stereocenters. The molecule has 6 heteroatoms. The highest BCUT2D eigenvalue weighted by molar-refractivity contribution is 7.10. The van der Waals surface area contributed by atoms with E-state index in [1.807, 2.05) is 22.4 Å². The number of hydrogen-bond donors (Lipinski definition) is 2. The number of halogens is 1. The van der Waals surface area contributed by atoms with Crippen molar-refractivity contribution in [2.45, 2.75) is 37.8 Å². The summed E-state index contributed by atoms with van der Waals surface area (Å²) in [7, 11) is 0. The number of nitrogens with two attached hydrogens (primary N) is 1. The van der Waals surface area contributed by atoms with Crippen LogP contribution in [0.1, 0.15) is 36.7 Å². The SMILES string of the molecule is Cl.NCCC(=O)N1CCCC1CC(O)c1cccs1. The Hall–Kier alpha value is -0.620. The fourth-order valence-electron chi connectivity index (χ4n) is 2.53. The maximum atomic E-state index is 11.9. The number of amides is 1. The van der Waals surface area contributed by atoms with Crippen molar-refractivity contribution in [2.24, 2.45) is 5.73 Å². The Morgan fingerprint density at radius 2 is 2.42 bits per heavy atom. The van der Waals surface area contributed by atoms with E-state index < -0.39 is 6.10 Å². The van der Waals surface area contributed by atoms with Gasteiger partial charge in [-0.05, 0) is 30.7 Å². The zero-order valence-electron chi connectivity index (χ0n) is 10.8. The van der Waals surface area contributed by atoms with Gasteiger partial charge in [-0.25, -0.2) is 0 Å². The molecule has 1 aliphatic rings. The number of hydrogen-bond acceptors (Lipinski definition) is 4. The summed E-state index contributed by atoms with van der Waals surface area (Å²) < 4.78 is 0. The van der Waals surface area contributed by atoms with Crippen LogP contribution in [0.4, 0.5) is 0 Å². The van der Waals surface area contributed by atoms with Crippen molar-refractivity contribution in [3.05, 3.63) is 22.4 Å². The van der Waals surface area contributed by atoms with Crippen molar-refractivity contribution < 1.29 is 9.90 Å². The van der Waals surface area contributed by atoms with E-state index in [0.29, 0.717) is 19.4 Å². The van der Waals surface area contributed by atoms with Gasteiger partial charge in [0.25, 0.3) is 0 Å². The van der Waals surface area contributed by atoms with E-state index in [9.17, 15) is 9.90 Å². The quantitative estimate of drug-likeness (QED) is 0.873. The number of carbonyl (C=O) groups is 1. The van der Waals surface area contributed by atoms with Gasteiger partial charge in [0, 0.05) is 30.4 Å². The molecule has 0 radical (unpaired) electrons. The Kier molecular flexibility index (Phi) is 6.79. The molecule has 1 fully saturated rings. The Morgan fingerprint density at radius 1 is 1.63 bits per heavy atom. The standard InChI is InChI=1S/C13H20N2O2S.ClH/c14-6-5-13(17)15-7-1-3-10(15)9-11(16)12-4-2-8-18-12;/h2,4,8,10-11,16H,1,3,5-7,9,14H2;1H. The molecule has 0 aliphatic carbocycles. The lowest BCUT2D eigenvalue weighted by Gasteiger charge is -2.26. The lowest BCUT2D eigenvalue weighted by atomic mass is 10.1. The van der Waals surface area contributed by atoms with Crippen LogP contribution in [0.2, 0.25) is 0 Å². The van der Waals surface area contributed by atoms with Crippen molar-refractivity contribution in [1.29, 1.82) is 0 Å². The van der Waals surface area contributed by atoms with Crippen LogP contribution < -0.4 is 5.73 Å². The minimum absolute atomic E-state index is 0. The number of thiophene rings is 1. The number of carbonyl (C=O) groups excluding carboxylic acids is 1. The van der Waals surface area contributed by atoms with Crippen LogP contribution in [0, 0.1) is 0 Å². The summed E-state index contributed by atoms with van der Waals surface area (Å²) in [5.74, 6) is 0.123. The van der Waals surface area contributed by atoms with Gasteiger partial charge in [0.15, 0.2) is 0 Å². The van der Waals surface area contributed by atoms with Crippen molar-refractivity contribution in [2.75, 3.05) is 13.1 Å². The summed E-state index contributed by atoms with van der Waals surface area (Å²) in [5.41, 5.74) is 5.43. The summed E-state index contributed by atoms with van der Waals surface area (Å²) in [6.07, 6.45) is 2.60. The van der Waals surface area contributed by atoms with Gasteiger partial charge in [0.05, 0.1) is 6.10 Å². The smallest absolute Gasteiger partial charge is 0.224 e. The topological polar surface area (TPSA) is 66.6 Å². The summed E-state index contributed by atoms with van der Waals surface area (Å²) in [6, 6.07) is 4.05. The van der Waals surface area contributed by atoms with Crippen LogP contribution in [-0.4, -0.2) is 35.0 Å². The molecule has 1 aromatic rings. The second kappa shape index (κ2) is 7.85. The zero-order chi connectivity index (χ0) is 13.0. The predicted molar refractivity (Wildman–Crippen MR) is 79.6 cm³/mol. The molecule has 1 aliphatic heterocycles. The predicted octanol–water partition coefficient (Wildman–Crippen LogP) is 1.93. The first-order valence-corrected chi connectivity index (χ1v) is 7.31. The number of nitrogens with zero attached hydrogens (tertiary/aromatic N) is 1. The van der Waals surface area contributed by atoms with E-state index in [-0.39, 0.29) is 24.4 Å². The second-order valence-corrected chi connectivity index (χ2v) is 5.67. The molecule has 3 N–H and O–H groups in total. The maximum Gasteiger partial charge on any atom is 0.224 e. The maximum absolute atomic E-state index is 11.9. The largest absolute Gasteiger partial charge is 0.387 e. The average Bonchev–Trinajstić information content (AvgIpc) is 2.99. The molecule has 0 saturated carbocycles. The Bertz CT molecular complexity index is 386. The van der Waals surface area contributed by atoms with Gasteiger partial charge < -0.3 is 15.7 Å². The van der Waals surface area contributed by atoms with E-state index in [0.717, 1.165) is 24.3 Å². The van der Waals surface area contributed by atoms with E-state index in [4.69, 9.17) is 5.73 Å². The molecule has 2 rings (SSSR count). The number of aliphatic hydroxyl groups is 1. The van der Waals surface area contributed by atoms with Crippen molar-refractivity contribution >= 4 is 29.7 Å². The highest BCUT2D eigenvalue weighted by atomic mass is 35.5. The fraction of sp³-hybridized carbons (Fsp3) is 0.615. The molecular weight excluding hydrogens is 284 g/mol. The molecule has 0 aromatic carbocycles. The van der Waals surface area contributed by atoms with E-state index in [1.165, 1.54) is 0 Å². The number of likely N-dealkylation sites (tertiary alicyclic amines) is 1. The van der Waals surface area contributed by atoms with Crippen molar-refractivity contribution in [3.63, 3.8) is 0 Å². The molecule has 0 spiro atoms. The van der Waals surface area contributed by atoms with Gasteiger partial charge in [0.2, 0.25) is 5.91 Å². The molecule has 19 heavy (non-hydrogen) atoms. The molecule has 108 valence electrons. The Morgan fingerprint density at radius 3 is 3.05 bits per heavy atom. The molecule has 1 amide bonds. The first-order chi connectivity index (χ1) is 8.72. The number of rotatable bonds is 5. The highest BCUT2D eigenvalue weighted by Gasteiger charge is 2.30. The lowest BCUT2D eigenvalue weighted by molar-refractivity contribution is -0.132. The van der Waals surface area contributed by atoms with Crippen LogP contribution in [0.25, 0.3) is 0 Å².